The Labute approximate surface area is 310 Å². The summed E-state index contributed by atoms with van der Waals surface area (Å²) in [5.41, 5.74) is 23.6. The van der Waals surface area contributed by atoms with Gasteiger partial charge in [0, 0.05) is 36.5 Å². The minimum absolute atomic E-state index is 0.0562. The number of aromatic nitrogens is 1. The number of fused-ring (bicyclic) bond motifs is 1. The molecule has 0 bridgehead atoms. The highest BCUT2D eigenvalue weighted by Crippen LogP contribution is 2.21. The number of para-hydroxylation sites is 1. The molecule has 2 heterocycles. The molecule has 54 heavy (non-hydrogen) atoms. The van der Waals surface area contributed by atoms with E-state index in [2.05, 4.69) is 26.3 Å². The van der Waals surface area contributed by atoms with Crippen molar-refractivity contribution in [3.8, 4) is 0 Å². The Bertz CT molecular complexity index is 1680. The molecule has 20 nitrogen and oxygen atoms in total. The number of H-pyrrole nitrogens is 1. The molecule has 1 aliphatic heterocycles. The summed E-state index contributed by atoms with van der Waals surface area (Å²) in [6.07, 6.45) is 2.04. The number of aliphatic hydroxyl groups excluding tert-OH is 1. The third-order valence-electron chi connectivity index (χ3n) is 9.01. The molecule has 1 aromatic heterocycles. The maximum atomic E-state index is 13.9. The third kappa shape index (κ3) is 12.2. The summed E-state index contributed by atoms with van der Waals surface area (Å²) in [6, 6.07) is -0.936. The van der Waals surface area contributed by atoms with Gasteiger partial charge in [-0.3, -0.25) is 33.6 Å². The van der Waals surface area contributed by atoms with E-state index in [0.29, 0.717) is 24.8 Å². The van der Waals surface area contributed by atoms with Gasteiger partial charge in [-0.15, -0.1) is 0 Å². The number of primary amides is 2. The van der Waals surface area contributed by atoms with Gasteiger partial charge in [0.25, 0.3) is 0 Å². The molecule has 15 N–H and O–H groups in total. The van der Waals surface area contributed by atoms with Crippen molar-refractivity contribution in [2.75, 3.05) is 19.7 Å². The van der Waals surface area contributed by atoms with Crippen LogP contribution in [-0.2, 0) is 44.8 Å². The van der Waals surface area contributed by atoms with Gasteiger partial charge in [0.1, 0.15) is 30.2 Å². The van der Waals surface area contributed by atoms with Crippen LogP contribution < -0.4 is 44.2 Å². The molecule has 3 rings (SSSR count). The fourth-order valence-corrected chi connectivity index (χ4v) is 6.10. The van der Waals surface area contributed by atoms with E-state index >= 15 is 0 Å². The van der Waals surface area contributed by atoms with Crippen LogP contribution in [-0.4, -0.2) is 123 Å². The number of aromatic amines is 1. The van der Waals surface area contributed by atoms with Gasteiger partial charge in [0.15, 0.2) is 0 Å². The van der Waals surface area contributed by atoms with Crippen LogP contribution >= 0.6 is 0 Å². The largest absolute Gasteiger partial charge is 0.480 e. The standard InChI is InChI=1S/C34H50N10O10/c35-12-4-3-8-22(33(52)44-13-5-9-26(44)32(51)43-25(17-45)34(53)54)40-31(50)24(15-28(38)47)42-30(49)23(41-29(48)20(36)10-11-27(37)46)14-18-16-39-21-7-2-1-6-19(18)21/h1-2,6-7,16,20,22-26,39,45H,3-5,8-15,17,35-36H2,(H2,37,46)(H2,38,47)(H,40,50)(H,41,48)(H,42,49)(H,43,51)(H,53,54)/t20-,22-,23-,24-,25-,26-/m0/s1. The molecule has 1 aromatic carbocycles. The highest BCUT2D eigenvalue weighted by Gasteiger charge is 2.39. The van der Waals surface area contributed by atoms with Crippen LogP contribution in [0.25, 0.3) is 10.9 Å². The number of aliphatic carboxylic acids is 1. The normalized spacial score (nSPS) is 16.7. The number of unbranched alkanes of at least 4 members (excludes halogenated alkanes) is 1. The van der Waals surface area contributed by atoms with E-state index < -0.39 is 96.6 Å². The second-order valence-corrected chi connectivity index (χ2v) is 13.1. The van der Waals surface area contributed by atoms with Crippen molar-refractivity contribution in [1.29, 1.82) is 0 Å². The number of carbonyl (C=O) groups excluding carboxylic acids is 7. The highest BCUT2D eigenvalue weighted by atomic mass is 16.4. The Kier molecular flexibility index (Phi) is 16.3. The summed E-state index contributed by atoms with van der Waals surface area (Å²) in [7, 11) is 0. The molecule has 296 valence electrons. The second kappa shape index (κ2) is 20.6. The first-order valence-electron chi connectivity index (χ1n) is 17.6. The molecular formula is C34H50N10O10. The topological polar surface area (TPSA) is 348 Å². The maximum absolute atomic E-state index is 13.9. The lowest BCUT2D eigenvalue weighted by Crippen LogP contribution is -2.60. The van der Waals surface area contributed by atoms with E-state index in [0.717, 1.165) is 10.9 Å². The van der Waals surface area contributed by atoms with E-state index in [9.17, 15) is 48.6 Å². The van der Waals surface area contributed by atoms with Crippen molar-refractivity contribution in [3.63, 3.8) is 0 Å². The van der Waals surface area contributed by atoms with E-state index in [1.54, 1.807) is 24.4 Å². The summed E-state index contributed by atoms with van der Waals surface area (Å²) in [4.78, 5) is 107. The SMILES string of the molecule is NCCCC[C@H](NC(=O)[C@H](CC(N)=O)NC(=O)[C@H](Cc1c[nH]c2ccccc12)NC(=O)[C@@H](N)CCC(N)=O)C(=O)N1CCC[C@H]1C(=O)N[C@@H](CO)C(=O)O. The van der Waals surface area contributed by atoms with Crippen LogP contribution in [0.4, 0.5) is 0 Å². The van der Waals surface area contributed by atoms with Crippen LogP contribution in [0.3, 0.4) is 0 Å². The number of hydrogen-bond donors (Lipinski definition) is 11. The zero-order valence-electron chi connectivity index (χ0n) is 29.8. The molecule has 1 aliphatic rings. The van der Waals surface area contributed by atoms with Crippen LogP contribution in [0.5, 0.6) is 0 Å². The summed E-state index contributed by atoms with van der Waals surface area (Å²) in [6.45, 7) is -0.492. The molecule has 0 spiro atoms. The number of nitrogens with two attached hydrogens (primary N) is 4. The van der Waals surface area contributed by atoms with Gasteiger partial charge < -0.3 is 64.3 Å². The van der Waals surface area contributed by atoms with Crippen molar-refractivity contribution in [1.82, 2.24) is 31.2 Å². The van der Waals surface area contributed by atoms with Crippen LogP contribution in [0, 0.1) is 0 Å². The molecule has 7 amide bonds. The molecule has 0 saturated carbocycles. The number of nitrogens with zero attached hydrogens (tertiary/aromatic N) is 1. The average Bonchev–Trinajstić information content (AvgIpc) is 3.79. The molecule has 1 fully saturated rings. The number of carboxylic acids is 1. The molecule has 0 aliphatic carbocycles. The molecule has 6 atom stereocenters. The fourth-order valence-electron chi connectivity index (χ4n) is 6.10. The number of likely N-dealkylation sites (tertiary alicyclic amines) is 1. The zero-order chi connectivity index (χ0) is 39.9. The minimum Gasteiger partial charge on any atom is -0.480 e. The first-order valence-corrected chi connectivity index (χ1v) is 17.6. The first-order chi connectivity index (χ1) is 25.7. The number of carboxylic acid groups (broad SMARTS) is 1. The minimum atomic E-state index is -1.62. The van der Waals surface area contributed by atoms with Gasteiger partial charge >= 0.3 is 5.97 Å². The predicted octanol–water partition coefficient (Wildman–Crippen LogP) is -3.69. The number of amides is 7. The molecule has 2 aromatic rings. The number of nitrogens with one attached hydrogen (secondary N) is 5. The third-order valence-corrected chi connectivity index (χ3v) is 9.01. The number of hydrogen-bond acceptors (Lipinski definition) is 11. The number of aliphatic hydroxyl groups is 1. The van der Waals surface area contributed by atoms with Gasteiger partial charge in [0.05, 0.1) is 19.1 Å². The summed E-state index contributed by atoms with van der Waals surface area (Å²) >= 11 is 0. The highest BCUT2D eigenvalue weighted by molar-refractivity contribution is 5.98. The van der Waals surface area contributed by atoms with Crippen molar-refractivity contribution in [2.24, 2.45) is 22.9 Å². The van der Waals surface area contributed by atoms with Gasteiger partial charge in [-0.1, -0.05) is 18.2 Å². The van der Waals surface area contributed by atoms with Gasteiger partial charge in [-0.05, 0) is 56.7 Å². The molecule has 1 saturated heterocycles. The first kappa shape index (κ1) is 42.8. The Morgan fingerprint density at radius 3 is 2.17 bits per heavy atom. The quantitative estimate of drug-likeness (QED) is 0.0517. The van der Waals surface area contributed by atoms with E-state index in [-0.39, 0.29) is 45.2 Å². The van der Waals surface area contributed by atoms with Crippen molar-refractivity contribution < 1.29 is 48.6 Å². The fraction of sp³-hybridized carbons (Fsp3) is 0.529. The van der Waals surface area contributed by atoms with Crippen molar-refractivity contribution in [3.05, 3.63) is 36.0 Å². The second-order valence-electron chi connectivity index (χ2n) is 13.1. The monoisotopic (exact) mass is 758 g/mol. The van der Waals surface area contributed by atoms with E-state index in [1.165, 1.54) is 4.90 Å². The van der Waals surface area contributed by atoms with Gasteiger partial charge in [-0.2, -0.15) is 0 Å². The van der Waals surface area contributed by atoms with Gasteiger partial charge in [0.2, 0.25) is 41.4 Å². The Morgan fingerprint density at radius 2 is 1.52 bits per heavy atom. The molecular weight excluding hydrogens is 708 g/mol. The lowest BCUT2D eigenvalue weighted by molar-refractivity contribution is -0.145. The molecule has 0 unspecified atom stereocenters. The van der Waals surface area contributed by atoms with Gasteiger partial charge in [-0.25, -0.2) is 4.79 Å². The number of benzene rings is 1. The average molecular weight is 759 g/mol. The molecule has 0 radical (unpaired) electrons. The summed E-state index contributed by atoms with van der Waals surface area (Å²) in [5, 5.41) is 29.2. The van der Waals surface area contributed by atoms with Crippen LogP contribution in [0.2, 0.25) is 0 Å². The zero-order valence-corrected chi connectivity index (χ0v) is 29.8. The number of carbonyl (C=O) groups is 8. The smallest absolute Gasteiger partial charge is 0.328 e. The lowest BCUT2D eigenvalue weighted by atomic mass is 10.0. The molecule has 20 heteroatoms. The number of rotatable bonds is 22. The summed E-state index contributed by atoms with van der Waals surface area (Å²) < 4.78 is 0. The maximum Gasteiger partial charge on any atom is 0.328 e. The van der Waals surface area contributed by atoms with Crippen LogP contribution in [0.1, 0.15) is 56.9 Å². The Balaban J connectivity index is 1.85. The Morgan fingerprint density at radius 1 is 0.852 bits per heavy atom. The van der Waals surface area contributed by atoms with E-state index in [4.69, 9.17) is 22.9 Å². The van der Waals surface area contributed by atoms with Crippen molar-refractivity contribution in [2.45, 2.75) is 94.0 Å². The van der Waals surface area contributed by atoms with Crippen LogP contribution in [0.15, 0.2) is 30.5 Å². The Hall–Kier alpha value is -5.60. The summed E-state index contributed by atoms with van der Waals surface area (Å²) in [5.74, 6) is -7.23. The lowest BCUT2D eigenvalue weighted by Gasteiger charge is -2.30. The predicted molar refractivity (Wildman–Crippen MR) is 192 cm³/mol. The van der Waals surface area contributed by atoms with Crippen molar-refractivity contribution >= 4 is 58.2 Å². The van der Waals surface area contributed by atoms with E-state index in [1.807, 2.05) is 6.07 Å².